The predicted octanol–water partition coefficient (Wildman–Crippen LogP) is 3.43. The highest BCUT2D eigenvalue weighted by Crippen LogP contribution is 2.04. The van der Waals surface area contributed by atoms with Crippen molar-refractivity contribution >= 4 is 5.78 Å². The molecule has 0 aliphatic carbocycles. The third-order valence-electron chi connectivity index (χ3n) is 1.82. The lowest BCUT2D eigenvalue weighted by Crippen LogP contribution is -1.94. The van der Waals surface area contributed by atoms with Crippen molar-refractivity contribution in [3.63, 3.8) is 0 Å². The normalized spacial score (nSPS) is 12.8. The molecule has 0 fully saturated rings. The number of rotatable bonds is 5. The lowest BCUT2D eigenvalue weighted by molar-refractivity contribution is -0.118. The van der Waals surface area contributed by atoms with Crippen LogP contribution in [0, 0.1) is 0 Å². The average Bonchev–Trinajstić information content (AvgIpc) is 2.13. The molecule has 0 amide bonds. The monoisotopic (exact) mass is 178 g/mol. The van der Waals surface area contributed by atoms with Gasteiger partial charge >= 0.3 is 0 Å². The van der Waals surface area contributed by atoms with Crippen LogP contribution in [0.5, 0.6) is 0 Å². The van der Waals surface area contributed by atoms with E-state index in [1.807, 2.05) is 32.9 Å². The molecule has 72 valence electrons. The Morgan fingerprint density at radius 2 is 1.92 bits per heavy atom. The SMILES string of the molecule is C=C/C(C)=C\C=C(/C)CC(=O)CC. The minimum atomic E-state index is 0.290. The van der Waals surface area contributed by atoms with Crippen LogP contribution in [0.2, 0.25) is 0 Å². The van der Waals surface area contributed by atoms with Crippen LogP contribution < -0.4 is 0 Å². The van der Waals surface area contributed by atoms with Crippen molar-refractivity contribution in [1.82, 2.24) is 0 Å². The maximum absolute atomic E-state index is 11.1. The number of hydrogen-bond acceptors (Lipinski definition) is 1. The molecular weight excluding hydrogens is 160 g/mol. The highest BCUT2D eigenvalue weighted by molar-refractivity contribution is 5.80. The Balaban J connectivity index is 4.17. The van der Waals surface area contributed by atoms with Crippen molar-refractivity contribution in [3.8, 4) is 0 Å². The maximum Gasteiger partial charge on any atom is 0.136 e. The minimum absolute atomic E-state index is 0.290. The molecule has 1 nitrogen and oxygen atoms in total. The molecule has 0 aromatic carbocycles. The lowest BCUT2D eigenvalue weighted by Gasteiger charge is -1.96. The quantitative estimate of drug-likeness (QED) is 0.589. The fourth-order valence-corrected chi connectivity index (χ4v) is 0.837. The molecule has 0 aliphatic heterocycles. The van der Waals surface area contributed by atoms with E-state index in [1.54, 1.807) is 6.08 Å². The summed E-state index contributed by atoms with van der Waals surface area (Å²) < 4.78 is 0. The van der Waals surface area contributed by atoms with Gasteiger partial charge in [0.25, 0.3) is 0 Å². The van der Waals surface area contributed by atoms with Gasteiger partial charge in [-0.3, -0.25) is 4.79 Å². The Labute approximate surface area is 80.8 Å². The molecule has 0 spiro atoms. The molecule has 0 saturated heterocycles. The zero-order chi connectivity index (χ0) is 10.3. The van der Waals surface area contributed by atoms with Gasteiger partial charge in [0.15, 0.2) is 0 Å². The lowest BCUT2D eigenvalue weighted by atomic mass is 10.1. The predicted molar refractivity (Wildman–Crippen MR) is 57.6 cm³/mol. The second-order valence-electron chi connectivity index (χ2n) is 3.20. The number of allylic oxidation sites excluding steroid dienone is 5. The van der Waals surface area contributed by atoms with Gasteiger partial charge < -0.3 is 0 Å². The van der Waals surface area contributed by atoms with Gasteiger partial charge in [0, 0.05) is 12.8 Å². The number of carbonyl (C=O) groups excluding carboxylic acids is 1. The first-order chi connectivity index (χ1) is 6.10. The summed E-state index contributed by atoms with van der Waals surface area (Å²) in [6.07, 6.45) is 6.94. The molecule has 0 radical (unpaired) electrons. The summed E-state index contributed by atoms with van der Waals surface area (Å²) >= 11 is 0. The van der Waals surface area contributed by atoms with E-state index in [-0.39, 0.29) is 0 Å². The molecule has 1 heteroatoms. The summed E-state index contributed by atoms with van der Waals surface area (Å²) in [6.45, 7) is 9.50. The van der Waals surface area contributed by atoms with Gasteiger partial charge in [0.2, 0.25) is 0 Å². The van der Waals surface area contributed by atoms with E-state index in [9.17, 15) is 4.79 Å². The second kappa shape index (κ2) is 6.41. The zero-order valence-corrected chi connectivity index (χ0v) is 8.76. The van der Waals surface area contributed by atoms with E-state index in [0.29, 0.717) is 18.6 Å². The van der Waals surface area contributed by atoms with Crippen LogP contribution in [0.3, 0.4) is 0 Å². The largest absolute Gasteiger partial charge is 0.299 e. The number of hydrogen-bond donors (Lipinski definition) is 0. The summed E-state index contributed by atoms with van der Waals surface area (Å²) in [5.74, 6) is 0.290. The zero-order valence-electron chi connectivity index (χ0n) is 8.76. The molecule has 0 aromatic rings. The van der Waals surface area contributed by atoms with Crippen molar-refractivity contribution in [1.29, 1.82) is 0 Å². The van der Waals surface area contributed by atoms with Gasteiger partial charge in [-0.2, -0.15) is 0 Å². The topological polar surface area (TPSA) is 17.1 Å². The molecule has 0 aromatic heterocycles. The Morgan fingerprint density at radius 1 is 1.31 bits per heavy atom. The van der Waals surface area contributed by atoms with Crippen LogP contribution in [0.15, 0.2) is 36.0 Å². The van der Waals surface area contributed by atoms with Crippen LogP contribution in [-0.2, 0) is 4.79 Å². The third kappa shape index (κ3) is 6.09. The van der Waals surface area contributed by atoms with Crippen molar-refractivity contribution < 1.29 is 4.79 Å². The van der Waals surface area contributed by atoms with Crippen molar-refractivity contribution in [2.24, 2.45) is 0 Å². The maximum atomic E-state index is 11.1. The molecule has 0 heterocycles. The molecule has 0 saturated carbocycles. The van der Waals surface area contributed by atoms with Crippen LogP contribution in [0.1, 0.15) is 33.6 Å². The fourth-order valence-electron chi connectivity index (χ4n) is 0.837. The highest BCUT2D eigenvalue weighted by atomic mass is 16.1. The molecular formula is C12H18O. The summed E-state index contributed by atoms with van der Waals surface area (Å²) in [7, 11) is 0. The van der Waals surface area contributed by atoms with Gasteiger partial charge in [-0.15, -0.1) is 0 Å². The molecule has 0 atom stereocenters. The van der Waals surface area contributed by atoms with Crippen LogP contribution >= 0.6 is 0 Å². The van der Waals surface area contributed by atoms with E-state index < -0.39 is 0 Å². The van der Waals surface area contributed by atoms with E-state index >= 15 is 0 Å². The van der Waals surface area contributed by atoms with E-state index in [1.165, 1.54) is 0 Å². The Morgan fingerprint density at radius 3 is 2.38 bits per heavy atom. The Kier molecular flexibility index (Phi) is 5.86. The first-order valence-electron chi connectivity index (χ1n) is 4.58. The van der Waals surface area contributed by atoms with E-state index in [2.05, 4.69) is 6.58 Å². The summed E-state index contributed by atoms with van der Waals surface area (Å²) in [6, 6.07) is 0. The molecule has 0 bridgehead atoms. The average molecular weight is 178 g/mol. The molecule has 0 aliphatic rings. The summed E-state index contributed by atoms with van der Waals surface area (Å²) in [5, 5.41) is 0. The van der Waals surface area contributed by atoms with Crippen LogP contribution in [0.25, 0.3) is 0 Å². The minimum Gasteiger partial charge on any atom is -0.299 e. The van der Waals surface area contributed by atoms with Crippen LogP contribution in [0.4, 0.5) is 0 Å². The smallest absolute Gasteiger partial charge is 0.136 e. The molecule has 0 unspecified atom stereocenters. The molecule has 0 N–H and O–H groups in total. The Bertz CT molecular complexity index is 244. The number of Topliss-reactive ketones (excluding diaryl/α,β-unsaturated/α-hetero) is 1. The van der Waals surface area contributed by atoms with Gasteiger partial charge in [-0.05, 0) is 13.8 Å². The van der Waals surface area contributed by atoms with Gasteiger partial charge in [0.1, 0.15) is 5.78 Å². The van der Waals surface area contributed by atoms with Gasteiger partial charge in [-0.25, -0.2) is 0 Å². The number of carbonyl (C=O) groups is 1. The first kappa shape index (κ1) is 11.9. The van der Waals surface area contributed by atoms with Crippen molar-refractivity contribution in [2.45, 2.75) is 33.6 Å². The van der Waals surface area contributed by atoms with E-state index in [0.717, 1.165) is 11.1 Å². The second-order valence-corrected chi connectivity index (χ2v) is 3.20. The first-order valence-corrected chi connectivity index (χ1v) is 4.58. The third-order valence-corrected chi connectivity index (χ3v) is 1.82. The van der Waals surface area contributed by atoms with Crippen LogP contribution in [-0.4, -0.2) is 5.78 Å². The van der Waals surface area contributed by atoms with Gasteiger partial charge in [0.05, 0.1) is 0 Å². The molecule has 13 heavy (non-hydrogen) atoms. The molecule has 0 rings (SSSR count). The van der Waals surface area contributed by atoms with E-state index in [4.69, 9.17) is 0 Å². The summed E-state index contributed by atoms with van der Waals surface area (Å²) in [4.78, 5) is 11.1. The Hall–Kier alpha value is -1.11. The standard InChI is InChI=1S/C12H18O/c1-5-10(3)7-8-11(4)9-12(13)6-2/h5,7-8H,1,6,9H2,2-4H3/b10-7-,11-8+. The van der Waals surface area contributed by atoms with Gasteiger partial charge in [-0.1, -0.05) is 42.9 Å². The fraction of sp³-hybridized carbons (Fsp3) is 0.417. The van der Waals surface area contributed by atoms with Crippen molar-refractivity contribution in [2.75, 3.05) is 0 Å². The highest BCUT2D eigenvalue weighted by Gasteiger charge is 1.97. The summed E-state index contributed by atoms with van der Waals surface area (Å²) in [5.41, 5.74) is 2.22. The number of ketones is 1. The van der Waals surface area contributed by atoms with Crippen molar-refractivity contribution in [3.05, 3.63) is 36.0 Å².